The lowest BCUT2D eigenvalue weighted by molar-refractivity contribution is 0.228. The lowest BCUT2D eigenvalue weighted by atomic mass is 9.97. The molecule has 2 N–H and O–H groups in total. The highest BCUT2D eigenvalue weighted by Gasteiger charge is 2.25. The van der Waals surface area contributed by atoms with Crippen molar-refractivity contribution in [3.8, 4) is 34.2 Å². The van der Waals surface area contributed by atoms with Crippen LogP contribution in [0.4, 0.5) is 5.82 Å². The van der Waals surface area contributed by atoms with Crippen molar-refractivity contribution in [2.24, 2.45) is 14.1 Å². The molecule has 0 radical (unpaired) electrons. The van der Waals surface area contributed by atoms with Gasteiger partial charge in [0, 0.05) is 48.6 Å². The highest BCUT2D eigenvalue weighted by Crippen LogP contribution is 2.37. The summed E-state index contributed by atoms with van der Waals surface area (Å²) in [6.07, 6.45) is 1.25. The minimum absolute atomic E-state index is 0.135. The van der Waals surface area contributed by atoms with Gasteiger partial charge >= 0.3 is 0 Å². The first-order valence-corrected chi connectivity index (χ1v) is 10.5. The summed E-state index contributed by atoms with van der Waals surface area (Å²) in [5.41, 5.74) is 12.0. The van der Waals surface area contributed by atoms with E-state index in [1.165, 1.54) is 0 Å². The van der Waals surface area contributed by atoms with Gasteiger partial charge in [-0.25, -0.2) is 4.98 Å². The van der Waals surface area contributed by atoms with Gasteiger partial charge in [-0.15, -0.1) is 0 Å². The van der Waals surface area contributed by atoms with Gasteiger partial charge in [-0.05, 0) is 19.9 Å². The number of rotatable bonds is 0. The largest absolute Gasteiger partial charge is 0.482 e. The lowest BCUT2D eigenvalue weighted by Crippen LogP contribution is -2.20. The minimum atomic E-state index is -0.369. The molecule has 0 saturated heterocycles. The number of nitrogens with two attached hydrogens (primary N) is 1. The molecule has 0 unspecified atom stereocenters. The summed E-state index contributed by atoms with van der Waals surface area (Å²) in [7, 11) is 3.45. The van der Waals surface area contributed by atoms with Gasteiger partial charge < -0.3 is 10.5 Å². The fourth-order valence-corrected chi connectivity index (χ4v) is 4.43. The number of benzene rings is 1. The molecule has 1 atom stereocenters. The standard InChI is InChI=1S/C24H23N7O2/c1-13-5-6-16-17(7-13)14(2)33-21-8-15(11-27-24(21)26)23-18(28-29(3)20(23)10-25)12-31-19(16)9-22(32)30(31)4/h5-9,11,14H,12H2,1-4H3,(H2,26,27)/t14-/m1/s1. The zero-order valence-corrected chi connectivity index (χ0v) is 18.8. The SMILES string of the molecule is Cc1ccc2c(c1)[C@@H](C)Oc1cc(cnc1N)-c1c(nn(C)c1C#N)Cn1c-2cc(=O)n1C. The number of hydrogen-bond acceptors (Lipinski definition) is 6. The van der Waals surface area contributed by atoms with Crippen molar-refractivity contribution >= 4 is 5.82 Å². The number of ether oxygens (including phenoxy) is 1. The molecule has 3 aromatic heterocycles. The van der Waals surface area contributed by atoms with E-state index in [1.807, 2.05) is 30.7 Å². The first-order chi connectivity index (χ1) is 15.8. The summed E-state index contributed by atoms with van der Waals surface area (Å²) in [6.45, 7) is 4.25. The Labute approximate surface area is 190 Å². The number of nitrogens with zero attached hydrogens (tertiary/aromatic N) is 6. The molecule has 0 aliphatic carbocycles. The Morgan fingerprint density at radius 3 is 2.79 bits per heavy atom. The summed E-state index contributed by atoms with van der Waals surface area (Å²) < 4.78 is 11.3. The maximum absolute atomic E-state index is 12.7. The first kappa shape index (κ1) is 20.6. The molecule has 4 heterocycles. The van der Waals surface area contributed by atoms with E-state index >= 15 is 0 Å². The third kappa shape index (κ3) is 3.19. The molecule has 9 heteroatoms. The second kappa shape index (κ2) is 7.38. The number of anilines is 1. The normalized spacial score (nSPS) is 14.7. The molecule has 0 amide bonds. The van der Waals surface area contributed by atoms with Crippen LogP contribution in [0.3, 0.4) is 0 Å². The van der Waals surface area contributed by atoms with E-state index in [1.54, 1.807) is 41.8 Å². The zero-order valence-electron chi connectivity index (χ0n) is 18.8. The number of nitriles is 1. The average Bonchev–Trinajstić information content (AvgIpc) is 3.25. The van der Waals surface area contributed by atoms with Crippen LogP contribution in [-0.2, 0) is 20.6 Å². The van der Waals surface area contributed by atoms with Crippen LogP contribution in [-0.4, -0.2) is 24.1 Å². The van der Waals surface area contributed by atoms with Gasteiger partial charge in [0.2, 0.25) is 0 Å². The number of fused-ring (bicyclic) bond motifs is 7. The van der Waals surface area contributed by atoms with Crippen LogP contribution in [0.15, 0.2) is 41.3 Å². The molecule has 0 fully saturated rings. The average molecular weight is 441 g/mol. The van der Waals surface area contributed by atoms with Crippen LogP contribution in [0.5, 0.6) is 5.75 Å². The third-order valence-electron chi connectivity index (χ3n) is 6.14. The maximum atomic E-state index is 12.7. The number of hydrogen-bond donors (Lipinski definition) is 1. The van der Waals surface area contributed by atoms with Crippen molar-refractivity contribution in [3.05, 3.63) is 69.4 Å². The summed E-state index contributed by atoms with van der Waals surface area (Å²) in [4.78, 5) is 17.1. The molecule has 0 spiro atoms. The molecule has 0 saturated carbocycles. The van der Waals surface area contributed by atoms with Crippen molar-refractivity contribution < 1.29 is 4.74 Å². The molecule has 1 aliphatic heterocycles. The topological polar surface area (TPSA) is 117 Å². The van der Waals surface area contributed by atoms with Gasteiger partial charge in [-0.1, -0.05) is 23.8 Å². The van der Waals surface area contributed by atoms with Crippen LogP contribution in [0.25, 0.3) is 22.4 Å². The van der Waals surface area contributed by atoms with Crippen LogP contribution < -0.4 is 16.0 Å². The number of nitrogen functional groups attached to an aromatic ring is 1. The second-order valence-corrected chi connectivity index (χ2v) is 8.31. The van der Waals surface area contributed by atoms with Crippen molar-refractivity contribution in [2.45, 2.75) is 26.5 Å². The molecule has 166 valence electrons. The van der Waals surface area contributed by atoms with Crippen molar-refractivity contribution in [2.75, 3.05) is 5.73 Å². The lowest BCUT2D eigenvalue weighted by Gasteiger charge is -2.22. The predicted molar refractivity (Wildman–Crippen MR) is 124 cm³/mol. The van der Waals surface area contributed by atoms with Gasteiger partial charge in [0.25, 0.3) is 5.56 Å². The Balaban J connectivity index is 1.88. The fourth-order valence-electron chi connectivity index (χ4n) is 4.43. The van der Waals surface area contributed by atoms with Crippen LogP contribution >= 0.6 is 0 Å². The van der Waals surface area contributed by atoms with Gasteiger partial charge in [0.15, 0.2) is 11.6 Å². The summed E-state index contributed by atoms with van der Waals surface area (Å²) in [6, 6.07) is 11.7. The Kier molecular flexibility index (Phi) is 4.60. The highest BCUT2D eigenvalue weighted by atomic mass is 16.5. The van der Waals surface area contributed by atoms with E-state index in [2.05, 4.69) is 22.2 Å². The van der Waals surface area contributed by atoms with Crippen LogP contribution in [0.2, 0.25) is 0 Å². The fraction of sp³-hybridized carbons (Fsp3) is 0.250. The molecular weight excluding hydrogens is 418 g/mol. The molecule has 4 aromatic rings. The molecule has 9 nitrogen and oxygen atoms in total. The van der Waals surface area contributed by atoms with Gasteiger partial charge in [-0.2, -0.15) is 10.4 Å². The summed E-state index contributed by atoms with van der Waals surface area (Å²) in [5.74, 6) is 0.689. The Morgan fingerprint density at radius 1 is 1.24 bits per heavy atom. The Morgan fingerprint density at radius 2 is 2.03 bits per heavy atom. The second-order valence-electron chi connectivity index (χ2n) is 8.31. The molecule has 1 aliphatic rings. The number of aromatic nitrogens is 5. The molecular formula is C24H23N7O2. The first-order valence-electron chi connectivity index (χ1n) is 10.5. The molecule has 33 heavy (non-hydrogen) atoms. The minimum Gasteiger partial charge on any atom is -0.482 e. The summed E-state index contributed by atoms with van der Waals surface area (Å²) in [5, 5.41) is 14.5. The van der Waals surface area contributed by atoms with E-state index < -0.39 is 0 Å². The van der Waals surface area contributed by atoms with E-state index in [9.17, 15) is 10.1 Å². The molecule has 5 rings (SSSR count). The maximum Gasteiger partial charge on any atom is 0.267 e. The van der Waals surface area contributed by atoms with Crippen LogP contribution in [0.1, 0.15) is 35.5 Å². The molecule has 1 aromatic carbocycles. The van der Waals surface area contributed by atoms with E-state index in [0.29, 0.717) is 34.8 Å². The smallest absolute Gasteiger partial charge is 0.267 e. The van der Waals surface area contributed by atoms with Gasteiger partial charge in [0.1, 0.15) is 17.9 Å². The number of aryl methyl sites for hydroxylation is 2. The zero-order chi connectivity index (χ0) is 23.4. The highest BCUT2D eigenvalue weighted by molar-refractivity contribution is 5.74. The Hall–Kier alpha value is -4.32. The van der Waals surface area contributed by atoms with Crippen molar-refractivity contribution in [1.29, 1.82) is 5.26 Å². The van der Waals surface area contributed by atoms with Crippen LogP contribution in [0, 0.1) is 18.3 Å². The predicted octanol–water partition coefficient (Wildman–Crippen LogP) is 2.91. The number of pyridine rings is 1. The van der Waals surface area contributed by atoms with E-state index in [-0.39, 0.29) is 17.5 Å². The third-order valence-corrected chi connectivity index (χ3v) is 6.14. The Bertz CT molecular complexity index is 1520. The quantitative estimate of drug-likeness (QED) is 0.448. The monoisotopic (exact) mass is 441 g/mol. The summed E-state index contributed by atoms with van der Waals surface area (Å²) >= 11 is 0. The van der Waals surface area contributed by atoms with E-state index in [0.717, 1.165) is 22.4 Å². The van der Waals surface area contributed by atoms with Crippen molar-refractivity contribution in [3.63, 3.8) is 0 Å². The van der Waals surface area contributed by atoms with Gasteiger partial charge in [0.05, 0.1) is 17.9 Å². The van der Waals surface area contributed by atoms with E-state index in [4.69, 9.17) is 10.5 Å². The van der Waals surface area contributed by atoms with Crippen molar-refractivity contribution in [1.82, 2.24) is 24.1 Å². The molecule has 2 bridgehead atoms. The van der Waals surface area contributed by atoms with Gasteiger partial charge in [-0.3, -0.25) is 18.8 Å².